The average Bonchev–Trinajstić information content (AvgIpc) is 2.71. The Kier molecular flexibility index (Phi) is 2.81. The number of rotatable bonds is 1. The van der Waals surface area contributed by atoms with Gasteiger partial charge in [0.1, 0.15) is 0 Å². The van der Waals surface area contributed by atoms with Crippen molar-refractivity contribution in [2.75, 3.05) is 0 Å². The standard InChI is InChI=1S/C13H21N/c1-11-5-4-8-13(9-11,10-14)12-6-2-3-7-12/h11-12H,2-9H2,1H3. The molecule has 0 N–H and O–H groups in total. The van der Waals surface area contributed by atoms with Gasteiger partial charge in [-0.2, -0.15) is 5.26 Å². The van der Waals surface area contributed by atoms with E-state index in [1.165, 1.54) is 51.4 Å². The Morgan fingerprint density at radius 1 is 1.14 bits per heavy atom. The summed E-state index contributed by atoms with van der Waals surface area (Å²) in [5, 5.41) is 9.47. The maximum atomic E-state index is 9.47. The van der Waals surface area contributed by atoms with Crippen LogP contribution in [0, 0.1) is 28.6 Å². The highest BCUT2D eigenvalue weighted by atomic mass is 14.5. The Hall–Kier alpha value is -0.510. The molecule has 2 aliphatic carbocycles. The normalized spacial score (nSPS) is 39.6. The van der Waals surface area contributed by atoms with Crippen molar-refractivity contribution in [2.45, 2.75) is 58.3 Å². The second-order valence-electron chi connectivity index (χ2n) is 5.45. The molecule has 0 amide bonds. The molecule has 2 aliphatic rings. The van der Waals surface area contributed by atoms with Crippen LogP contribution in [0.1, 0.15) is 58.3 Å². The van der Waals surface area contributed by atoms with Crippen LogP contribution in [-0.2, 0) is 0 Å². The number of hydrogen-bond donors (Lipinski definition) is 0. The Bertz CT molecular complexity index is 234. The Morgan fingerprint density at radius 2 is 1.86 bits per heavy atom. The third-order valence-electron chi connectivity index (χ3n) is 4.39. The van der Waals surface area contributed by atoms with Crippen molar-refractivity contribution in [3.05, 3.63) is 0 Å². The molecular weight excluding hydrogens is 170 g/mol. The topological polar surface area (TPSA) is 23.8 Å². The highest BCUT2D eigenvalue weighted by Crippen LogP contribution is 2.50. The Balaban J connectivity index is 2.11. The molecule has 0 spiro atoms. The van der Waals surface area contributed by atoms with Crippen LogP contribution in [0.15, 0.2) is 0 Å². The first-order valence-corrected chi connectivity index (χ1v) is 6.18. The van der Waals surface area contributed by atoms with Gasteiger partial charge >= 0.3 is 0 Å². The summed E-state index contributed by atoms with van der Waals surface area (Å²) in [6.07, 6.45) is 10.3. The second kappa shape index (κ2) is 3.93. The summed E-state index contributed by atoms with van der Waals surface area (Å²) in [5.41, 5.74) is 0.0775. The van der Waals surface area contributed by atoms with Crippen molar-refractivity contribution in [1.82, 2.24) is 0 Å². The lowest BCUT2D eigenvalue weighted by Gasteiger charge is -2.39. The molecule has 2 saturated carbocycles. The van der Waals surface area contributed by atoms with Crippen molar-refractivity contribution in [2.24, 2.45) is 17.3 Å². The molecule has 0 bridgehead atoms. The van der Waals surface area contributed by atoms with Crippen LogP contribution in [0.4, 0.5) is 0 Å². The molecule has 0 heterocycles. The van der Waals surface area contributed by atoms with E-state index in [0.717, 1.165) is 11.8 Å². The van der Waals surface area contributed by atoms with Gasteiger partial charge in [-0.1, -0.05) is 32.6 Å². The van der Waals surface area contributed by atoms with Gasteiger partial charge < -0.3 is 0 Å². The molecular formula is C13H21N. The van der Waals surface area contributed by atoms with Gasteiger partial charge in [0.15, 0.2) is 0 Å². The third-order valence-corrected chi connectivity index (χ3v) is 4.39. The molecule has 0 saturated heterocycles. The van der Waals surface area contributed by atoms with Crippen LogP contribution < -0.4 is 0 Å². The largest absolute Gasteiger partial charge is 0.198 e. The summed E-state index contributed by atoms with van der Waals surface area (Å²) in [6.45, 7) is 2.32. The summed E-state index contributed by atoms with van der Waals surface area (Å²) in [6, 6.07) is 2.69. The summed E-state index contributed by atoms with van der Waals surface area (Å²) in [7, 11) is 0. The van der Waals surface area contributed by atoms with Crippen molar-refractivity contribution in [1.29, 1.82) is 5.26 Å². The van der Waals surface area contributed by atoms with Gasteiger partial charge in [0.25, 0.3) is 0 Å². The van der Waals surface area contributed by atoms with Crippen LogP contribution in [0.2, 0.25) is 0 Å². The molecule has 0 aliphatic heterocycles. The molecule has 0 radical (unpaired) electrons. The molecule has 1 heteroatoms. The molecule has 2 unspecified atom stereocenters. The zero-order chi connectivity index (χ0) is 10.0. The van der Waals surface area contributed by atoms with E-state index in [0.29, 0.717) is 0 Å². The maximum absolute atomic E-state index is 9.47. The fourth-order valence-electron chi connectivity index (χ4n) is 3.63. The van der Waals surface area contributed by atoms with E-state index in [2.05, 4.69) is 13.0 Å². The van der Waals surface area contributed by atoms with E-state index in [-0.39, 0.29) is 5.41 Å². The average molecular weight is 191 g/mol. The SMILES string of the molecule is CC1CCCC(C#N)(C2CCCC2)C1. The van der Waals surface area contributed by atoms with Gasteiger partial charge in [0, 0.05) is 0 Å². The van der Waals surface area contributed by atoms with E-state index in [4.69, 9.17) is 0 Å². The second-order valence-corrected chi connectivity index (χ2v) is 5.45. The highest BCUT2D eigenvalue weighted by Gasteiger charge is 2.42. The molecule has 2 fully saturated rings. The minimum absolute atomic E-state index is 0.0775. The zero-order valence-corrected chi connectivity index (χ0v) is 9.26. The Labute approximate surface area is 87.5 Å². The third kappa shape index (κ3) is 1.67. The minimum Gasteiger partial charge on any atom is -0.198 e. The molecule has 0 aromatic carbocycles. The molecule has 0 aromatic heterocycles. The van der Waals surface area contributed by atoms with Crippen molar-refractivity contribution >= 4 is 0 Å². The molecule has 2 rings (SSSR count). The van der Waals surface area contributed by atoms with E-state index in [9.17, 15) is 5.26 Å². The first-order chi connectivity index (χ1) is 6.77. The summed E-state index contributed by atoms with van der Waals surface area (Å²) in [5.74, 6) is 1.51. The number of hydrogen-bond acceptors (Lipinski definition) is 1. The lowest BCUT2D eigenvalue weighted by molar-refractivity contribution is 0.132. The van der Waals surface area contributed by atoms with Crippen LogP contribution >= 0.6 is 0 Å². The van der Waals surface area contributed by atoms with E-state index in [1.54, 1.807) is 0 Å². The smallest absolute Gasteiger partial charge is 0.0692 e. The zero-order valence-electron chi connectivity index (χ0n) is 9.26. The van der Waals surface area contributed by atoms with Gasteiger partial charge in [-0.3, -0.25) is 0 Å². The van der Waals surface area contributed by atoms with Gasteiger partial charge in [-0.25, -0.2) is 0 Å². The minimum atomic E-state index is 0.0775. The summed E-state index contributed by atoms with van der Waals surface area (Å²) in [4.78, 5) is 0. The van der Waals surface area contributed by atoms with Crippen molar-refractivity contribution in [3.63, 3.8) is 0 Å². The Morgan fingerprint density at radius 3 is 2.43 bits per heavy atom. The number of nitriles is 1. The predicted molar refractivity (Wildman–Crippen MR) is 57.6 cm³/mol. The highest BCUT2D eigenvalue weighted by molar-refractivity contribution is 5.06. The monoisotopic (exact) mass is 191 g/mol. The van der Waals surface area contributed by atoms with Gasteiger partial charge in [0.05, 0.1) is 11.5 Å². The van der Waals surface area contributed by atoms with Gasteiger partial charge in [-0.15, -0.1) is 0 Å². The predicted octanol–water partition coefficient (Wildman–Crippen LogP) is 3.90. The van der Waals surface area contributed by atoms with E-state index in [1.807, 2.05) is 0 Å². The first-order valence-electron chi connectivity index (χ1n) is 6.18. The summed E-state index contributed by atoms with van der Waals surface area (Å²) < 4.78 is 0. The summed E-state index contributed by atoms with van der Waals surface area (Å²) >= 11 is 0. The molecule has 14 heavy (non-hydrogen) atoms. The van der Waals surface area contributed by atoms with Crippen LogP contribution in [0.25, 0.3) is 0 Å². The lowest BCUT2D eigenvalue weighted by Crippen LogP contribution is -2.32. The quantitative estimate of drug-likeness (QED) is 0.616. The van der Waals surface area contributed by atoms with Crippen molar-refractivity contribution in [3.8, 4) is 6.07 Å². The molecule has 0 aromatic rings. The fourth-order valence-corrected chi connectivity index (χ4v) is 3.63. The van der Waals surface area contributed by atoms with Gasteiger partial charge in [0.2, 0.25) is 0 Å². The molecule has 1 nitrogen and oxygen atoms in total. The lowest BCUT2D eigenvalue weighted by atomic mass is 9.63. The molecule has 2 atom stereocenters. The fraction of sp³-hybridized carbons (Fsp3) is 0.923. The van der Waals surface area contributed by atoms with Crippen LogP contribution in [0.5, 0.6) is 0 Å². The maximum Gasteiger partial charge on any atom is 0.0692 e. The van der Waals surface area contributed by atoms with E-state index < -0.39 is 0 Å². The van der Waals surface area contributed by atoms with Crippen molar-refractivity contribution < 1.29 is 0 Å². The van der Waals surface area contributed by atoms with E-state index >= 15 is 0 Å². The van der Waals surface area contributed by atoms with Gasteiger partial charge in [-0.05, 0) is 37.5 Å². The van der Waals surface area contributed by atoms with Crippen LogP contribution in [0.3, 0.4) is 0 Å². The number of nitrogens with zero attached hydrogens (tertiary/aromatic N) is 1. The molecule has 78 valence electrons. The van der Waals surface area contributed by atoms with Crippen LogP contribution in [-0.4, -0.2) is 0 Å². The first kappa shape index (κ1) is 10.0.